The van der Waals surface area contributed by atoms with Crippen LogP contribution >= 0.6 is 0 Å². The van der Waals surface area contributed by atoms with E-state index in [1.807, 2.05) is 0 Å². The lowest BCUT2D eigenvalue weighted by atomic mass is 10.2. The fourth-order valence-corrected chi connectivity index (χ4v) is 2.19. The molecule has 1 heterocycles. The van der Waals surface area contributed by atoms with E-state index in [1.165, 1.54) is 29.1 Å². The third-order valence-electron chi connectivity index (χ3n) is 3.22. The number of benzene rings is 1. The van der Waals surface area contributed by atoms with E-state index in [0.717, 1.165) is 0 Å². The van der Waals surface area contributed by atoms with Crippen molar-refractivity contribution in [1.29, 1.82) is 0 Å². The summed E-state index contributed by atoms with van der Waals surface area (Å²) in [5.41, 5.74) is -0.355. The number of nitrogens with zero attached hydrogens (tertiary/aromatic N) is 2. The number of esters is 1. The van der Waals surface area contributed by atoms with Crippen LogP contribution in [0.1, 0.15) is 48.4 Å². The van der Waals surface area contributed by atoms with Gasteiger partial charge in [-0.25, -0.2) is 19.1 Å². The lowest BCUT2D eigenvalue weighted by molar-refractivity contribution is 0.0527. The van der Waals surface area contributed by atoms with E-state index in [1.54, 1.807) is 33.8 Å². The number of rotatable bonds is 5. The number of hydrogen-bond donors (Lipinski definition) is 2. The van der Waals surface area contributed by atoms with Crippen molar-refractivity contribution in [1.82, 2.24) is 9.78 Å². The van der Waals surface area contributed by atoms with Gasteiger partial charge in [-0.15, -0.1) is 0 Å². The van der Waals surface area contributed by atoms with E-state index in [4.69, 9.17) is 14.6 Å². The van der Waals surface area contributed by atoms with E-state index in [9.17, 15) is 14.4 Å². The lowest BCUT2D eigenvalue weighted by Gasteiger charge is -2.20. The van der Waals surface area contributed by atoms with Crippen LogP contribution in [-0.4, -0.2) is 45.1 Å². The molecule has 9 nitrogen and oxygen atoms in total. The van der Waals surface area contributed by atoms with Crippen LogP contribution in [0, 0.1) is 0 Å². The molecule has 0 bridgehead atoms. The smallest absolute Gasteiger partial charge is 0.413 e. The Morgan fingerprint density at radius 1 is 1.26 bits per heavy atom. The summed E-state index contributed by atoms with van der Waals surface area (Å²) in [4.78, 5) is 35.6. The summed E-state index contributed by atoms with van der Waals surface area (Å²) in [5, 5.41) is 15.8. The number of anilines is 1. The molecule has 0 spiro atoms. The third-order valence-corrected chi connectivity index (χ3v) is 3.22. The van der Waals surface area contributed by atoms with E-state index in [2.05, 4.69) is 10.4 Å². The fourth-order valence-electron chi connectivity index (χ4n) is 2.19. The Bertz CT molecular complexity index is 866. The summed E-state index contributed by atoms with van der Waals surface area (Å²) in [6.07, 6.45) is 0.446. The molecule has 144 valence electrons. The second kappa shape index (κ2) is 7.90. The molecule has 0 radical (unpaired) electrons. The molecular weight excluding hydrogens is 354 g/mol. The molecule has 0 aliphatic carbocycles. The molecule has 9 heteroatoms. The van der Waals surface area contributed by atoms with Crippen molar-refractivity contribution in [2.24, 2.45) is 0 Å². The van der Waals surface area contributed by atoms with Gasteiger partial charge < -0.3 is 14.6 Å². The molecule has 0 atom stereocenters. The van der Waals surface area contributed by atoms with Crippen molar-refractivity contribution in [3.05, 3.63) is 41.6 Å². The standard InChI is InChI=1S/C18H21N3O6/c1-5-26-16(24)13-10-19-21(12-8-6-7-11(9-12)15(22)23)14(13)20-17(25)27-18(2,3)4/h6-10H,5H2,1-4H3,(H,20,25)(H,22,23). The number of carboxylic acid groups (broad SMARTS) is 1. The van der Waals surface area contributed by atoms with Crippen molar-refractivity contribution in [3.63, 3.8) is 0 Å². The molecule has 2 rings (SSSR count). The maximum Gasteiger partial charge on any atom is 0.413 e. The van der Waals surface area contributed by atoms with Crippen LogP contribution < -0.4 is 5.32 Å². The first-order valence-corrected chi connectivity index (χ1v) is 8.21. The van der Waals surface area contributed by atoms with Crippen molar-refractivity contribution >= 4 is 23.8 Å². The number of carboxylic acids is 1. The van der Waals surface area contributed by atoms with E-state index in [-0.39, 0.29) is 23.6 Å². The summed E-state index contributed by atoms with van der Waals surface area (Å²) in [5.74, 6) is -1.77. The topological polar surface area (TPSA) is 120 Å². The van der Waals surface area contributed by atoms with E-state index in [0.29, 0.717) is 5.69 Å². The monoisotopic (exact) mass is 375 g/mol. The van der Waals surface area contributed by atoms with Crippen LogP contribution in [0.4, 0.5) is 10.6 Å². The fraction of sp³-hybridized carbons (Fsp3) is 0.333. The van der Waals surface area contributed by atoms with Gasteiger partial charge in [-0.2, -0.15) is 5.10 Å². The second-order valence-corrected chi connectivity index (χ2v) is 6.52. The predicted molar refractivity (Wildman–Crippen MR) is 96.3 cm³/mol. The van der Waals surface area contributed by atoms with Gasteiger partial charge in [0.2, 0.25) is 0 Å². The number of amides is 1. The van der Waals surface area contributed by atoms with Gasteiger partial charge in [0.15, 0.2) is 5.82 Å². The highest BCUT2D eigenvalue weighted by atomic mass is 16.6. The van der Waals surface area contributed by atoms with Crippen molar-refractivity contribution in [2.45, 2.75) is 33.3 Å². The Hall–Kier alpha value is -3.36. The number of nitrogens with one attached hydrogen (secondary N) is 1. The van der Waals surface area contributed by atoms with Crippen LogP contribution in [0.15, 0.2) is 30.5 Å². The number of aromatic nitrogens is 2. The van der Waals surface area contributed by atoms with Gasteiger partial charge in [-0.3, -0.25) is 5.32 Å². The molecule has 0 saturated heterocycles. The molecule has 0 fully saturated rings. The van der Waals surface area contributed by atoms with Crippen molar-refractivity contribution < 1.29 is 29.0 Å². The zero-order chi connectivity index (χ0) is 20.2. The molecule has 0 saturated carbocycles. The quantitative estimate of drug-likeness (QED) is 0.771. The summed E-state index contributed by atoms with van der Waals surface area (Å²) < 4.78 is 11.4. The van der Waals surface area contributed by atoms with Gasteiger partial charge in [0.25, 0.3) is 0 Å². The van der Waals surface area contributed by atoms with Crippen molar-refractivity contribution in [2.75, 3.05) is 11.9 Å². The average molecular weight is 375 g/mol. The molecule has 1 amide bonds. The molecule has 0 aliphatic rings. The molecular formula is C18H21N3O6. The first-order valence-electron chi connectivity index (χ1n) is 8.21. The summed E-state index contributed by atoms with van der Waals surface area (Å²) in [6, 6.07) is 5.91. The number of carbonyl (C=O) groups is 3. The van der Waals surface area contributed by atoms with Gasteiger partial charge in [0.1, 0.15) is 11.2 Å². The number of hydrogen-bond acceptors (Lipinski definition) is 6. The first-order chi connectivity index (χ1) is 12.6. The molecule has 0 unspecified atom stereocenters. The zero-order valence-electron chi connectivity index (χ0n) is 15.5. The normalized spacial score (nSPS) is 11.0. The zero-order valence-corrected chi connectivity index (χ0v) is 15.5. The average Bonchev–Trinajstić information content (AvgIpc) is 2.96. The minimum atomic E-state index is -1.11. The Labute approximate surface area is 155 Å². The lowest BCUT2D eigenvalue weighted by Crippen LogP contribution is -2.28. The van der Waals surface area contributed by atoms with Crippen LogP contribution in [0.5, 0.6) is 0 Å². The minimum absolute atomic E-state index is 0.0171. The Morgan fingerprint density at radius 2 is 1.96 bits per heavy atom. The maximum atomic E-state index is 12.2. The Kier molecular flexibility index (Phi) is 5.84. The van der Waals surface area contributed by atoms with Gasteiger partial charge in [-0.05, 0) is 45.9 Å². The van der Waals surface area contributed by atoms with E-state index < -0.39 is 23.6 Å². The number of aromatic carboxylic acids is 1. The number of ether oxygens (including phenoxy) is 2. The maximum absolute atomic E-state index is 12.2. The Balaban J connectivity index is 2.48. The molecule has 1 aromatic carbocycles. The SMILES string of the molecule is CCOC(=O)c1cnn(-c2cccc(C(=O)O)c2)c1NC(=O)OC(C)(C)C. The highest BCUT2D eigenvalue weighted by molar-refractivity contribution is 5.99. The predicted octanol–water partition coefficient (Wildman–Crippen LogP) is 3.09. The summed E-state index contributed by atoms with van der Waals surface area (Å²) >= 11 is 0. The molecule has 1 aromatic heterocycles. The molecule has 2 N–H and O–H groups in total. The van der Waals surface area contributed by atoms with E-state index >= 15 is 0 Å². The minimum Gasteiger partial charge on any atom is -0.478 e. The van der Waals surface area contributed by atoms with Gasteiger partial charge in [0.05, 0.1) is 24.1 Å². The summed E-state index contributed by atoms with van der Waals surface area (Å²) in [6.45, 7) is 6.90. The highest BCUT2D eigenvalue weighted by Gasteiger charge is 2.24. The molecule has 2 aromatic rings. The van der Waals surface area contributed by atoms with Gasteiger partial charge in [0, 0.05) is 0 Å². The second-order valence-electron chi connectivity index (χ2n) is 6.52. The third kappa shape index (κ3) is 5.06. The summed E-state index contributed by atoms with van der Waals surface area (Å²) in [7, 11) is 0. The van der Waals surface area contributed by atoms with Crippen LogP contribution in [0.2, 0.25) is 0 Å². The molecule has 0 aliphatic heterocycles. The van der Waals surface area contributed by atoms with Crippen molar-refractivity contribution in [3.8, 4) is 5.69 Å². The van der Waals surface area contributed by atoms with Crippen LogP contribution in [0.3, 0.4) is 0 Å². The molecule has 27 heavy (non-hydrogen) atoms. The van der Waals surface area contributed by atoms with Gasteiger partial charge >= 0.3 is 18.0 Å². The van der Waals surface area contributed by atoms with Crippen LogP contribution in [-0.2, 0) is 9.47 Å². The van der Waals surface area contributed by atoms with Crippen LogP contribution in [0.25, 0.3) is 5.69 Å². The number of carbonyl (C=O) groups excluding carboxylic acids is 2. The Morgan fingerprint density at radius 3 is 2.56 bits per heavy atom. The highest BCUT2D eigenvalue weighted by Crippen LogP contribution is 2.23. The first kappa shape index (κ1) is 20.0. The van der Waals surface area contributed by atoms with Gasteiger partial charge in [-0.1, -0.05) is 6.07 Å². The largest absolute Gasteiger partial charge is 0.478 e.